The van der Waals surface area contributed by atoms with Crippen LogP contribution in [0, 0.1) is 5.82 Å². The second kappa shape index (κ2) is 11.5. The number of thioether (sulfide) groups is 1. The lowest BCUT2D eigenvalue weighted by Gasteiger charge is -2.29. The molecule has 1 aliphatic heterocycles. The van der Waals surface area contributed by atoms with Crippen molar-refractivity contribution in [3.05, 3.63) is 101 Å². The maximum Gasteiger partial charge on any atom is 0.416 e. The molecule has 0 bridgehead atoms. The molecule has 0 spiro atoms. The zero-order chi connectivity index (χ0) is 28.3. The van der Waals surface area contributed by atoms with E-state index in [0.717, 1.165) is 54.1 Å². The minimum absolute atomic E-state index is 0.0267. The summed E-state index contributed by atoms with van der Waals surface area (Å²) in [5.74, 6) is -1.23. The molecule has 2 amide bonds. The molecule has 0 saturated carbocycles. The Morgan fingerprint density at radius 3 is 2.58 bits per heavy atom. The summed E-state index contributed by atoms with van der Waals surface area (Å²) in [4.78, 5) is 27.5. The Morgan fingerprint density at radius 2 is 1.77 bits per heavy atom. The van der Waals surface area contributed by atoms with Gasteiger partial charge in [-0.15, -0.1) is 10.2 Å². The van der Waals surface area contributed by atoms with Crippen molar-refractivity contribution in [1.29, 1.82) is 0 Å². The third kappa shape index (κ3) is 6.01. The summed E-state index contributed by atoms with van der Waals surface area (Å²) in [6.45, 7) is 0.362. The van der Waals surface area contributed by atoms with Crippen molar-refractivity contribution >= 4 is 29.3 Å². The minimum Gasteiger partial charge on any atom is -0.345 e. The maximum absolute atomic E-state index is 13.5. The van der Waals surface area contributed by atoms with E-state index in [1.165, 1.54) is 34.9 Å². The van der Waals surface area contributed by atoms with Crippen LogP contribution in [0.4, 0.5) is 23.2 Å². The number of nitrogens with zero attached hydrogens (tertiary/aromatic N) is 4. The number of para-hydroxylation sites is 1. The molecule has 0 unspecified atom stereocenters. The zero-order valence-electron chi connectivity index (χ0n) is 21.0. The van der Waals surface area contributed by atoms with Crippen LogP contribution in [0.2, 0.25) is 0 Å². The van der Waals surface area contributed by atoms with Crippen molar-refractivity contribution in [2.75, 3.05) is 17.2 Å². The van der Waals surface area contributed by atoms with E-state index in [1.807, 2.05) is 24.3 Å². The molecule has 1 aromatic heterocycles. The van der Waals surface area contributed by atoms with Gasteiger partial charge in [0.15, 0.2) is 11.0 Å². The number of fused-ring (bicyclic) bond motifs is 1. The first-order valence-corrected chi connectivity index (χ1v) is 13.4. The molecule has 40 heavy (non-hydrogen) atoms. The fourth-order valence-corrected chi connectivity index (χ4v) is 5.32. The normalized spacial score (nSPS) is 13.2. The minimum atomic E-state index is -4.58. The van der Waals surface area contributed by atoms with E-state index in [0.29, 0.717) is 6.54 Å². The van der Waals surface area contributed by atoms with E-state index in [4.69, 9.17) is 0 Å². The quantitative estimate of drug-likeness (QED) is 0.237. The number of benzene rings is 3. The summed E-state index contributed by atoms with van der Waals surface area (Å²) in [5, 5.41) is 11.0. The number of carbonyl (C=O) groups is 2. The van der Waals surface area contributed by atoms with Gasteiger partial charge >= 0.3 is 6.18 Å². The molecule has 0 fully saturated rings. The Balaban J connectivity index is 1.40. The first-order valence-electron chi connectivity index (χ1n) is 12.4. The molecule has 0 atom stereocenters. The van der Waals surface area contributed by atoms with Gasteiger partial charge in [0.2, 0.25) is 5.91 Å². The van der Waals surface area contributed by atoms with Crippen LogP contribution in [-0.4, -0.2) is 38.9 Å². The number of hydrogen-bond acceptors (Lipinski definition) is 5. The number of aryl methyl sites for hydroxylation is 1. The summed E-state index contributed by atoms with van der Waals surface area (Å²) in [6.07, 6.45) is -2.88. The van der Waals surface area contributed by atoms with E-state index in [1.54, 1.807) is 4.90 Å². The maximum atomic E-state index is 13.5. The number of halogens is 4. The Morgan fingerprint density at radius 1 is 0.975 bits per heavy atom. The molecular weight excluding hydrogens is 546 g/mol. The van der Waals surface area contributed by atoms with Crippen molar-refractivity contribution in [1.82, 2.24) is 20.1 Å². The molecule has 1 N–H and O–H groups in total. The summed E-state index contributed by atoms with van der Waals surface area (Å²) < 4.78 is 55.4. The van der Waals surface area contributed by atoms with Crippen molar-refractivity contribution < 1.29 is 27.2 Å². The van der Waals surface area contributed by atoms with Crippen molar-refractivity contribution in [2.45, 2.75) is 30.7 Å². The summed E-state index contributed by atoms with van der Waals surface area (Å²) in [5.41, 5.74) is 1.25. The van der Waals surface area contributed by atoms with Crippen molar-refractivity contribution in [2.24, 2.45) is 0 Å². The third-order valence-electron chi connectivity index (χ3n) is 6.36. The Bertz CT molecular complexity index is 1560. The van der Waals surface area contributed by atoms with E-state index < -0.39 is 23.5 Å². The van der Waals surface area contributed by atoms with E-state index in [9.17, 15) is 27.2 Å². The second-order valence-electron chi connectivity index (χ2n) is 9.04. The first-order chi connectivity index (χ1) is 19.2. The molecule has 0 aliphatic carbocycles. The van der Waals surface area contributed by atoms with Gasteiger partial charge in [-0.05, 0) is 60.9 Å². The Kier molecular flexibility index (Phi) is 7.88. The van der Waals surface area contributed by atoms with E-state index in [-0.39, 0.29) is 40.4 Å². The summed E-state index contributed by atoms with van der Waals surface area (Å²) in [6, 6.07) is 17.4. The Hall–Kier alpha value is -4.19. The number of nitrogens with one attached hydrogen (secondary N) is 1. The molecule has 7 nitrogen and oxygen atoms in total. The van der Waals surface area contributed by atoms with Gasteiger partial charge in [-0.25, -0.2) is 4.39 Å². The second-order valence-corrected chi connectivity index (χ2v) is 9.98. The monoisotopic (exact) mass is 569 g/mol. The van der Waals surface area contributed by atoms with Gasteiger partial charge in [0.25, 0.3) is 5.91 Å². The highest BCUT2D eigenvalue weighted by Crippen LogP contribution is 2.32. The topological polar surface area (TPSA) is 80.1 Å². The lowest BCUT2D eigenvalue weighted by atomic mass is 10.0. The van der Waals surface area contributed by atoms with Crippen LogP contribution in [0.15, 0.2) is 78.0 Å². The summed E-state index contributed by atoms with van der Waals surface area (Å²) >= 11 is 1.04. The van der Waals surface area contributed by atoms with Crippen LogP contribution in [-0.2, 0) is 23.9 Å². The molecule has 3 aromatic carbocycles. The van der Waals surface area contributed by atoms with Gasteiger partial charge in [0.1, 0.15) is 5.82 Å². The van der Waals surface area contributed by atoms with Gasteiger partial charge in [0, 0.05) is 17.8 Å². The van der Waals surface area contributed by atoms with E-state index in [2.05, 4.69) is 15.5 Å². The van der Waals surface area contributed by atoms with Crippen LogP contribution in [0.25, 0.3) is 5.69 Å². The van der Waals surface area contributed by atoms with Crippen LogP contribution >= 0.6 is 11.8 Å². The van der Waals surface area contributed by atoms with Crippen molar-refractivity contribution in [3.8, 4) is 5.69 Å². The average Bonchev–Trinajstić information content (AvgIpc) is 3.36. The molecule has 0 radical (unpaired) electrons. The molecule has 0 saturated heterocycles. The highest BCUT2D eigenvalue weighted by Gasteiger charge is 2.31. The fraction of sp³-hybridized carbons (Fsp3) is 0.214. The molecular formula is C28H23F4N5O2S. The number of hydrogen-bond donors (Lipinski definition) is 1. The standard InChI is InChI=1S/C28H23F4N5O2S/c29-21-10-3-7-19(14-21)26(39)33-16-24-34-35-27(37(24)22-11-4-9-20(15-22)28(30,31)32)40-17-25(38)36-13-5-8-18-6-1-2-12-23(18)36/h1-4,6-7,9-12,14-15H,5,8,13,16-17H2,(H,33,39). The number of amides is 2. The number of alkyl halides is 3. The zero-order valence-corrected chi connectivity index (χ0v) is 21.8. The van der Waals surface area contributed by atoms with Crippen LogP contribution < -0.4 is 10.2 Å². The average molecular weight is 570 g/mol. The van der Waals surface area contributed by atoms with Crippen LogP contribution in [0.5, 0.6) is 0 Å². The van der Waals surface area contributed by atoms with Crippen LogP contribution in [0.1, 0.15) is 33.7 Å². The smallest absolute Gasteiger partial charge is 0.345 e. The first kappa shape index (κ1) is 27.4. The third-order valence-corrected chi connectivity index (χ3v) is 7.28. The number of carbonyl (C=O) groups excluding carboxylic acids is 2. The van der Waals surface area contributed by atoms with Crippen molar-refractivity contribution in [3.63, 3.8) is 0 Å². The Labute approximate surface area is 231 Å². The van der Waals surface area contributed by atoms with E-state index >= 15 is 0 Å². The lowest BCUT2D eigenvalue weighted by Crippen LogP contribution is -2.36. The van der Waals surface area contributed by atoms with Crippen LogP contribution in [0.3, 0.4) is 0 Å². The SMILES string of the molecule is O=C(NCc1nnc(SCC(=O)N2CCCc3ccccc32)n1-c1cccc(C(F)(F)F)c1)c1cccc(F)c1. The molecule has 5 rings (SSSR count). The van der Waals surface area contributed by atoms with Gasteiger partial charge in [0.05, 0.1) is 23.5 Å². The molecule has 12 heteroatoms. The molecule has 1 aliphatic rings. The largest absolute Gasteiger partial charge is 0.416 e. The van der Waals surface area contributed by atoms with Gasteiger partial charge in [-0.1, -0.05) is 42.1 Å². The van der Waals surface area contributed by atoms with Gasteiger partial charge < -0.3 is 10.2 Å². The number of anilines is 1. The molecule has 206 valence electrons. The van der Waals surface area contributed by atoms with Gasteiger partial charge in [-0.2, -0.15) is 13.2 Å². The molecule has 4 aromatic rings. The predicted molar refractivity (Wildman–Crippen MR) is 142 cm³/mol. The molecule has 2 heterocycles. The number of rotatable bonds is 7. The fourth-order valence-electron chi connectivity index (χ4n) is 4.48. The van der Waals surface area contributed by atoms with Gasteiger partial charge in [-0.3, -0.25) is 14.2 Å². The highest BCUT2D eigenvalue weighted by molar-refractivity contribution is 7.99. The predicted octanol–water partition coefficient (Wildman–Crippen LogP) is 5.43. The highest BCUT2D eigenvalue weighted by atomic mass is 32.2. The lowest BCUT2D eigenvalue weighted by molar-refractivity contribution is -0.137. The summed E-state index contributed by atoms with van der Waals surface area (Å²) in [7, 11) is 0. The number of aromatic nitrogens is 3.